The van der Waals surface area contributed by atoms with Gasteiger partial charge in [0.1, 0.15) is 0 Å². The number of hydrogen-bond donors (Lipinski definition) is 1. The first-order chi connectivity index (χ1) is 8.04. The van der Waals surface area contributed by atoms with Gasteiger partial charge in [-0.1, -0.05) is 25.9 Å². The fourth-order valence-electron chi connectivity index (χ4n) is 2.03. The minimum absolute atomic E-state index is 0.275. The van der Waals surface area contributed by atoms with E-state index in [1.165, 1.54) is 0 Å². The molecule has 1 aromatic rings. The molecule has 1 fully saturated rings. The molecule has 0 unspecified atom stereocenters. The van der Waals surface area contributed by atoms with Gasteiger partial charge < -0.3 is 15.2 Å². The van der Waals surface area contributed by atoms with Crippen molar-refractivity contribution in [3.05, 3.63) is 5.82 Å². The first-order valence-corrected chi connectivity index (χ1v) is 6.33. The quantitative estimate of drug-likeness (QED) is 0.869. The van der Waals surface area contributed by atoms with Gasteiger partial charge in [0.15, 0.2) is 5.82 Å². The second-order valence-electron chi connectivity index (χ2n) is 5.59. The third-order valence-electron chi connectivity index (χ3n) is 3.68. The largest absolute Gasteiger partial charge is 0.330 e. The molecule has 0 spiro atoms. The Balaban J connectivity index is 2.00. The minimum atomic E-state index is 0.275. The van der Waals surface area contributed by atoms with Crippen molar-refractivity contribution in [2.75, 3.05) is 24.5 Å². The second-order valence-corrected chi connectivity index (χ2v) is 5.59. The van der Waals surface area contributed by atoms with E-state index in [0.29, 0.717) is 11.9 Å². The normalized spacial score (nSPS) is 19.9. The zero-order valence-corrected chi connectivity index (χ0v) is 10.9. The van der Waals surface area contributed by atoms with Crippen LogP contribution in [0.25, 0.3) is 0 Å². The molecule has 5 heteroatoms. The summed E-state index contributed by atoms with van der Waals surface area (Å²) in [6.45, 7) is 9.03. The first kappa shape index (κ1) is 12.4. The molecule has 17 heavy (non-hydrogen) atoms. The third-order valence-corrected chi connectivity index (χ3v) is 3.68. The first-order valence-electron chi connectivity index (χ1n) is 6.33. The lowest BCUT2D eigenvalue weighted by Crippen LogP contribution is -2.42. The Bertz CT molecular complexity index is 366. The molecule has 2 rings (SSSR count). The van der Waals surface area contributed by atoms with Crippen LogP contribution in [0.2, 0.25) is 0 Å². The highest BCUT2D eigenvalue weighted by atomic mass is 16.5. The number of rotatable bonds is 3. The van der Waals surface area contributed by atoms with Gasteiger partial charge >= 0.3 is 6.01 Å². The third kappa shape index (κ3) is 2.60. The number of hydrogen-bond acceptors (Lipinski definition) is 5. The summed E-state index contributed by atoms with van der Waals surface area (Å²) in [7, 11) is 0. The van der Waals surface area contributed by atoms with Crippen LogP contribution >= 0.6 is 0 Å². The Hall–Kier alpha value is -1.10. The van der Waals surface area contributed by atoms with Crippen LogP contribution in [0.1, 0.15) is 45.4 Å². The molecule has 0 aromatic carbocycles. The van der Waals surface area contributed by atoms with Crippen molar-refractivity contribution >= 4 is 6.01 Å². The van der Waals surface area contributed by atoms with Crippen molar-refractivity contribution in [1.82, 2.24) is 10.1 Å². The summed E-state index contributed by atoms with van der Waals surface area (Å²) in [5.74, 6) is 1.10. The van der Waals surface area contributed by atoms with E-state index in [9.17, 15) is 0 Å². The van der Waals surface area contributed by atoms with E-state index in [4.69, 9.17) is 10.3 Å². The number of piperidine rings is 1. The summed E-state index contributed by atoms with van der Waals surface area (Å²) >= 11 is 0. The summed E-state index contributed by atoms with van der Waals surface area (Å²) < 4.78 is 5.30. The number of anilines is 1. The highest BCUT2D eigenvalue weighted by Gasteiger charge is 2.30. The Morgan fingerprint density at radius 3 is 2.53 bits per heavy atom. The molecular weight excluding hydrogens is 216 g/mol. The van der Waals surface area contributed by atoms with Gasteiger partial charge in [-0.2, -0.15) is 4.98 Å². The molecule has 1 aromatic heterocycles. The number of aromatic nitrogens is 2. The number of nitrogens with zero attached hydrogens (tertiary/aromatic N) is 3. The molecule has 0 aliphatic carbocycles. The van der Waals surface area contributed by atoms with Gasteiger partial charge in [-0.15, -0.1) is 0 Å². The maximum Gasteiger partial charge on any atom is 0.324 e. The molecule has 2 heterocycles. The van der Waals surface area contributed by atoms with Gasteiger partial charge in [0.2, 0.25) is 0 Å². The van der Waals surface area contributed by atoms with Gasteiger partial charge in [-0.3, -0.25) is 0 Å². The fraction of sp³-hybridized carbons (Fsp3) is 0.833. The van der Waals surface area contributed by atoms with Crippen LogP contribution in [-0.4, -0.2) is 29.8 Å². The van der Waals surface area contributed by atoms with Crippen LogP contribution in [-0.2, 0) is 0 Å². The average Bonchev–Trinajstić information content (AvgIpc) is 2.79. The Morgan fingerprint density at radius 1 is 1.41 bits per heavy atom. The average molecular weight is 238 g/mol. The van der Waals surface area contributed by atoms with Gasteiger partial charge in [0.25, 0.3) is 0 Å². The topological polar surface area (TPSA) is 68.2 Å². The van der Waals surface area contributed by atoms with Crippen molar-refractivity contribution in [1.29, 1.82) is 0 Å². The SMILES string of the molecule is CC(C)c1noc(N2CCC(C)(CN)CC2)n1. The van der Waals surface area contributed by atoms with Crippen LogP contribution in [0.5, 0.6) is 0 Å². The van der Waals surface area contributed by atoms with Crippen LogP contribution in [0.3, 0.4) is 0 Å². The second kappa shape index (κ2) is 4.64. The van der Waals surface area contributed by atoms with Crippen molar-refractivity contribution in [3.63, 3.8) is 0 Å². The predicted octanol–water partition coefficient (Wildman–Crippen LogP) is 1.76. The molecule has 1 saturated heterocycles. The van der Waals surface area contributed by atoms with Crippen LogP contribution in [0.4, 0.5) is 6.01 Å². The molecule has 0 saturated carbocycles. The van der Waals surface area contributed by atoms with Crippen molar-refractivity contribution < 1.29 is 4.52 Å². The van der Waals surface area contributed by atoms with Crippen molar-refractivity contribution in [2.24, 2.45) is 11.1 Å². The lowest BCUT2D eigenvalue weighted by molar-refractivity contribution is 0.250. The highest BCUT2D eigenvalue weighted by molar-refractivity contribution is 5.26. The van der Waals surface area contributed by atoms with E-state index in [-0.39, 0.29) is 5.41 Å². The number of nitrogens with two attached hydrogens (primary N) is 1. The summed E-state index contributed by atoms with van der Waals surface area (Å²) in [4.78, 5) is 6.59. The summed E-state index contributed by atoms with van der Waals surface area (Å²) in [6, 6.07) is 0.660. The standard InChI is InChI=1S/C12H22N4O/c1-9(2)10-14-11(17-15-10)16-6-4-12(3,8-13)5-7-16/h9H,4-8,13H2,1-3H3. The maximum absolute atomic E-state index is 5.80. The van der Waals surface area contributed by atoms with Crippen LogP contribution < -0.4 is 10.6 Å². The van der Waals surface area contributed by atoms with E-state index in [0.717, 1.165) is 38.3 Å². The maximum atomic E-state index is 5.80. The Kier molecular flexibility index (Phi) is 3.38. The van der Waals surface area contributed by atoms with Gasteiger partial charge in [-0.05, 0) is 24.8 Å². The zero-order chi connectivity index (χ0) is 12.5. The van der Waals surface area contributed by atoms with E-state index in [1.807, 2.05) is 0 Å². The Morgan fingerprint density at radius 2 is 2.06 bits per heavy atom. The van der Waals surface area contributed by atoms with E-state index in [1.54, 1.807) is 0 Å². The molecule has 1 aliphatic rings. The molecule has 5 nitrogen and oxygen atoms in total. The molecule has 96 valence electrons. The van der Waals surface area contributed by atoms with Gasteiger partial charge in [0.05, 0.1) is 0 Å². The fourth-order valence-corrected chi connectivity index (χ4v) is 2.03. The highest BCUT2D eigenvalue weighted by Crippen LogP contribution is 2.31. The molecule has 0 radical (unpaired) electrons. The van der Waals surface area contributed by atoms with Crippen LogP contribution in [0, 0.1) is 5.41 Å². The lowest BCUT2D eigenvalue weighted by Gasteiger charge is -2.37. The molecule has 2 N–H and O–H groups in total. The van der Waals surface area contributed by atoms with Crippen molar-refractivity contribution in [3.8, 4) is 0 Å². The zero-order valence-electron chi connectivity index (χ0n) is 10.9. The monoisotopic (exact) mass is 238 g/mol. The molecule has 0 atom stereocenters. The molecule has 0 bridgehead atoms. The summed E-state index contributed by atoms with van der Waals surface area (Å²) in [5.41, 5.74) is 6.07. The Labute approximate surface area is 102 Å². The van der Waals surface area contributed by atoms with Gasteiger partial charge in [-0.25, -0.2) is 0 Å². The summed E-state index contributed by atoms with van der Waals surface area (Å²) in [5, 5.41) is 3.99. The summed E-state index contributed by atoms with van der Waals surface area (Å²) in [6.07, 6.45) is 2.17. The van der Waals surface area contributed by atoms with E-state index < -0.39 is 0 Å². The lowest BCUT2D eigenvalue weighted by atomic mass is 9.81. The van der Waals surface area contributed by atoms with Crippen LogP contribution in [0.15, 0.2) is 4.52 Å². The van der Waals surface area contributed by atoms with Gasteiger partial charge in [0, 0.05) is 19.0 Å². The van der Waals surface area contributed by atoms with Crippen molar-refractivity contribution in [2.45, 2.75) is 39.5 Å². The van der Waals surface area contributed by atoms with E-state index in [2.05, 4.69) is 35.8 Å². The molecule has 0 amide bonds. The smallest absolute Gasteiger partial charge is 0.324 e. The molecular formula is C12H22N4O. The van der Waals surface area contributed by atoms with E-state index >= 15 is 0 Å². The molecule has 1 aliphatic heterocycles. The minimum Gasteiger partial charge on any atom is -0.330 e. The predicted molar refractivity (Wildman–Crippen MR) is 67.0 cm³/mol.